The number of hydrogen-bond donors (Lipinski definition) is 9. The molecular formula is C28H32O16. The summed E-state index contributed by atoms with van der Waals surface area (Å²) in [6, 6.07) is 5.87. The number of phenolic OH excluding ortho intramolecular Hbond substituents is 3. The summed E-state index contributed by atoms with van der Waals surface area (Å²) >= 11 is 0. The summed E-state index contributed by atoms with van der Waals surface area (Å²) < 4.78 is 33.8. The summed E-state index contributed by atoms with van der Waals surface area (Å²) in [6.07, 6.45) is -16.6. The topological polar surface area (TPSA) is 258 Å². The lowest BCUT2D eigenvalue weighted by Gasteiger charge is -2.45. The van der Waals surface area contributed by atoms with Crippen LogP contribution in [-0.2, 0) is 14.2 Å². The monoisotopic (exact) mass is 624 g/mol. The number of methoxy groups -OCH3 is 1. The zero-order valence-corrected chi connectivity index (χ0v) is 23.3. The molecule has 2 aliphatic rings. The molecule has 0 bridgehead atoms. The molecular weight excluding hydrogens is 592 g/mol. The van der Waals surface area contributed by atoms with Crippen LogP contribution in [0.15, 0.2) is 39.5 Å². The fraction of sp³-hybridized carbons (Fsp3) is 0.464. The third-order valence-electron chi connectivity index (χ3n) is 7.52. The Morgan fingerprint density at radius 3 is 2.25 bits per heavy atom. The van der Waals surface area contributed by atoms with E-state index >= 15 is 0 Å². The van der Waals surface area contributed by atoms with Gasteiger partial charge in [0.25, 0.3) is 0 Å². The third-order valence-corrected chi connectivity index (χ3v) is 7.52. The van der Waals surface area contributed by atoms with Crippen molar-refractivity contribution < 1.29 is 74.1 Å². The standard InChI is InChI=1S/C28H32O16/c1-9-18(33)22(37)26(44-27-23(38)21(36)19(34)16(8-29)42-27)28(40-9)43-25-20(35)17-13(32)6-11(30)7-15(17)41-24(25)10-3-4-12(31)14(5-10)39-2/h3-7,9,16,18-19,21-23,26-34,36-38H,8H2,1-2H3. The maximum absolute atomic E-state index is 13.8. The Morgan fingerprint density at radius 1 is 0.841 bits per heavy atom. The molecule has 0 aliphatic carbocycles. The minimum atomic E-state index is -1.90. The molecule has 5 rings (SSSR count). The van der Waals surface area contributed by atoms with E-state index < -0.39 is 96.1 Å². The van der Waals surface area contributed by atoms with Gasteiger partial charge in [-0.15, -0.1) is 0 Å². The number of phenols is 3. The number of ether oxygens (including phenoxy) is 5. The van der Waals surface area contributed by atoms with E-state index in [1.54, 1.807) is 0 Å². The second kappa shape index (κ2) is 12.4. The highest BCUT2D eigenvalue weighted by molar-refractivity contribution is 5.88. The van der Waals surface area contributed by atoms with Crippen molar-refractivity contribution in [3.05, 3.63) is 40.6 Å². The molecule has 3 aromatic rings. The van der Waals surface area contributed by atoms with Gasteiger partial charge in [0, 0.05) is 17.7 Å². The fourth-order valence-electron chi connectivity index (χ4n) is 5.08. The first kappa shape index (κ1) is 31.7. The molecule has 2 saturated heterocycles. The second-order valence-corrected chi connectivity index (χ2v) is 10.4. The molecule has 2 aliphatic heterocycles. The van der Waals surface area contributed by atoms with Crippen LogP contribution in [0.3, 0.4) is 0 Å². The average molecular weight is 625 g/mol. The smallest absolute Gasteiger partial charge is 0.239 e. The quantitative estimate of drug-likeness (QED) is 0.147. The predicted molar refractivity (Wildman–Crippen MR) is 145 cm³/mol. The van der Waals surface area contributed by atoms with Crippen molar-refractivity contribution in [2.45, 2.75) is 68.3 Å². The van der Waals surface area contributed by atoms with Gasteiger partial charge in [0.1, 0.15) is 59.1 Å². The molecule has 3 heterocycles. The van der Waals surface area contributed by atoms with Crippen LogP contribution < -0.4 is 14.9 Å². The normalized spacial score (nSPS) is 32.5. The summed E-state index contributed by atoms with van der Waals surface area (Å²) in [5.74, 6) is -2.23. The number of aliphatic hydroxyl groups is 6. The predicted octanol–water partition coefficient (Wildman–Crippen LogP) is -1.38. The summed E-state index contributed by atoms with van der Waals surface area (Å²) in [7, 11) is 1.29. The third kappa shape index (κ3) is 5.63. The minimum Gasteiger partial charge on any atom is -0.508 e. The molecule has 2 fully saturated rings. The van der Waals surface area contributed by atoms with Crippen molar-refractivity contribution in [3.63, 3.8) is 0 Å². The number of rotatable bonds is 7. The van der Waals surface area contributed by atoms with Gasteiger partial charge in [0.15, 0.2) is 29.7 Å². The molecule has 0 saturated carbocycles. The van der Waals surface area contributed by atoms with Crippen LogP contribution >= 0.6 is 0 Å². The number of aromatic hydroxyl groups is 3. The van der Waals surface area contributed by atoms with Gasteiger partial charge in [-0.25, -0.2) is 0 Å². The molecule has 0 amide bonds. The average Bonchev–Trinajstić information content (AvgIpc) is 2.99. The molecule has 16 heteroatoms. The van der Waals surface area contributed by atoms with Gasteiger partial charge in [-0.1, -0.05) is 0 Å². The molecule has 44 heavy (non-hydrogen) atoms. The first-order chi connectivity index (χ1) is 20.9. The van der Waals surface area contributed by atoms with Gasteiger partial charge < -0.3 is 74.1 Å². The van der Waals surface area contributed by atoms with E-state index in [1.807, 2.05) is 0 Å². The molecule has 0 radical (unpaired) electrons. The van der Waals surface area contributed by atoms with Crippen molar-refractivity contribution in [3.8, 4) is 40.1 Å². The summed E-state index contributed by atoms with van der Waals surface area (Å²) in [5.41, 5.74) is -1.09. The molecule has 10 unspecified atom stereocenters. The minimum absolute atomic E-state index is 0.0140. The molecule has 1 aromatic heterocycles. The first-order valence-corrected chi connectivity index (χ1v) is 13.4. The van der Waals surface area contributed by atoms with Crippen molar-refractivity contribution in [2.24, 2.45) is 0 Å². The molecule has 2 aromatic carbocycles. The Morgan fingerprint density at radius 2 is 1.57 bits per heavy atom. The van der Waals surface area contributed by atoms with Crippen LogP contribution in [-0.4, -0.2) is 121 Å². The van der Waals surface area contributed by atoms with E-state index in [0.29, 0.717) is 0 Å². The lowest BCUT2D eigenvalue weighted by Crippen LogP contribution is -2.64. The summed E-state index contributed by atoms with van der Waals surface area (Å²) in [5, 5.41) is 92.0. The molecule has 16 nitrogen and oxygen atoms in total. The van der Waals surface area contributed by atoms with Crippen LogP contribution in [0.5, 0.6) is 28.7 Å². The largest absolute Gasteiger partial charge is 0.508 e. The molecule has 0 spiro atoms. The lowest BCUT2D eigenvalue weighted by molar-refractivity contribution is -0.355. The van der Waals surface area contributed by atoms with E-state index in [0.717, 1.165) is 12.1 Å². The van der Waals surface area contributed by atoms with Crippen molar-refractivity contribution in [2.75, 3.05) is 13.7 Å². The van der Waals surface area contributed by atoms with Gasteiger partial charge in [-0.05, 0) is 25.1 Å². The van der Waals surface area contributed by atoms with Crippen molar-refractivity contribution in [1.82, 2.24) is 0 Å². The lowest BCUT2D eigenvalue weighted by atomic mass is 9.97. The van der Waals surface area contributed by atoms with Crippen molar-refractivity contribution >= 4 is 11.0 Å². The number of benzene rings is 2. The van der Waals surface area contributed by atoms with E-state index in [1.165, 1.54) is 32.2 Å². The highest BCUT2D eigenvalue weighted by Gasteiger charge is 2.51. The van der Waals surface area contributed by atoms with Crippen LogP contribution in [0.2, 0.25) is 0 Å². The van der Waals surface area contributed by atoms with Crippen LogP contribution in [0, 0.1) is 0 Å². The Balaban J connectivity index is 1.61. The van der Waals surface area contributed by atoms with E-state index in [4.69, 9.17) is 28.1 Å². The SMILES string of the molecule is COc1cc(-c2oc3cc(O)cc(O)c3c(=O)c2OC2OC(C)C(O)C(O)C2OC2OC(CO)C(O)C(O)C2O)ccc1O. The maximum atomic E-state index is 13.8. The molecule has 240 valence electrons. The van der Waals surface area contributed by atoms with Crippen LogP contribution in [0.4, 0.5) is 0 Å². The summed E-state index contributed by atoms with van der Waals surface area (Å²) in [4.78, 5) is 13.8. The van der Waals surface area contributed by atoms with Gasteiger partial charge in [-0.2, -0.15) is 0 Å². The molecule has 9 N–H and O–H groups in total. The Bertz CT molecular complexity index is 1550. The maximum Gasteiger partial charge on any atom is 0.239 e. The fourth-order valence-corrected chi connectivity index (χ4v) is 5.08. The summed E-state index contributed by atoms with van der Waals surface area (Å²) in [6.45, 7) is 0.613. The zero-order chi connectivity index (χ0) is 32.0. The van der Waals surface area contributed by atoms with Gasteiger partial charge in [-0.3, -0.25) is 4.79 Å². The first-order valence-electron chi connectivity index (χ1n) is 13.4. The number of aliphatic hydroxyl groups excluding tert-OH is 6. The van der Waals surface area contributed by atoms with E-state index in [9.17, 15) is 50.8 Å². The van der Waals surface area contributed by atoms with Gasteiger partial charge in [0.05, 0.1) is 19.8 Å². The van der Waals surface area contributed by atoms with Crippen LogP contribution in [0.1, 0.15) is 6.92 Å². The Labute approximate surface area is 248 Å². The van der Waals surface area contributed by atoms with Crippen LogP contribution in [0.25, 0.3) is 22.3 Å². The number of fused-ring (bicyclic) bond motifs is 1. The van der Waals surface area contributed by atoms with E-state index in [-0.39, 0.29) is 28.4 Å². The Kier molecular flexibility index (Phi) is 8.90. The van der Waals surface area contributed by atoms with Gasteiger partial charge in [0.2, 0.25) is 17.5 Å². The second-order valence-electron chi connectivity index (χ2n) is 10.4. The molecule has 10 atom stereocenters. The zero-order valence-electron chi connectivity index (χ0n) is 23.3. The number of hydrogen-bond acceptors (Lipinski definition) is 16. The highest BCUT2D eigenvalue weighted by Crippen LogP contribution is 2.40. The van der Waals surface area contributed by atoms with Gasteiger partial charge >= 0.3 is 0 Å². The van der Waals surface area contributed by atoms with Crippen molar-refractivity contribution in [1.29, 1.82) is 0 Å². The highest BCUT2D eigenvalue weighted by atomic mass is 16.8. The van der Waals surface area contributed by atoms with E-state index in [2.05, 4.69) is 0 Å². The Hall–Kier alpha value is -3.71.